The maximum absolute atomic E-state index is 11.0. The monoisotopic (exact) mass is 269 g/mol. The summed E-state index contributed by atoms with van der Waals surface area (Å²) < 4.78 is 35.2. The summed E-state index contributed by atoms with van der Waals surface area (Å²) >= 11 is 0. The van der Waals surface area contributed by atoms with E-state index in [0.717, 1.165) is 32.1 Å². The molecule has 0 aromatic heterocycles. The van der Waals surface area contributed by atoms with E-state index in [1.807, 2.05) is 0 Å². The molecule has 7 heteroatoms. The minimum Gasteiger partial charge on any atom is -0.748 e. The Morgan fingerprint density at radius 2 is 1.76 bits per heavy atom. The van der Waals surface area contributed by atoms with Crippen molar-refractivity contribution in [2.45, 2.75) is 45.4 Å². The van der Waals surface area contributed by atoms with E-state index < -0.39 is 21.8 Å². The zero-order chi connectivity index (χ0) is 12.4. The van der Waals surface area contributed by atoms with Gasteiger partial charge in [-0.3, -0.25) is 4.79 Å². The van der Waals surface area contributed by atoms with Crippen LogP contribution in [0.2, 0.25) is 0 Å². The van der Waals surface area contributed by atoms with E-state index in [0.29, 0.717) is 6.42 Å². The molecule has 0 rings (SSSR count). The first kappa shape index (κ1) is 18.7. The number of hydrogen-bond acceptors (Lipinski definition) is 5. The maximum atomic E-state index is 11.0. The molecule has 0 amide bonds. The molecule has 0 unspecified atom stereocenters. The van der Waals surface area contributed by atoms with Crippen molar-refractivity contribution >= 4 is 16.1 Å². The van der Waals surface area contributed by atoms with E-state index in [1.54, 1.807) is 0 Å². The smallest absolute Gasteiger partial charge is 0.305 e. The summed E-state index contributed by atoms with van der Waals surface area (Å²) in [7, 11) is -4.28. The molecule has 6 nitrogen and oxygen atoms in total. The van der Waals surface area contributed by atoms with Crippen LogP contribution in [0, 0.1) is 0 Å². The molecule has 0 spiro atoms. The van der Waals surface area contributed by atoms with Gasteiger partial charge in [0.05, 0.1) is 15.9 Å². The third kappa shape index (κ3) is 15.3. The first-order valence-electron chi connectivity index (χ1n) is 5.55. The number of unbranched alkanes of at least 4 members (excludes halogenated alkanes) is 4. The molecule has 4 N–H and O–H groups in total. The number of hydrogen-bond donors (Lipinski definition) is 1. The molecule has 0 fully saturated rings. The van der Waals surface area contributed by atoms with E-state index >= 15 is 0 Å². The molecule has 0 aliphatic carbocycles. The number of esters is 1. The third-order valence-corrected chi connectivity index (χ3v) is 2.75. The second-order valence-electron chi connectivity index (χ2n) is 3.65. The van der Waals surface area contributed by atoms with Gasteiger partial charge in [0.1, 0.15) is 6.61 Å². The van der Waals surface area contributed by atoms with Crippen molar-refractivity contribution in [1.82, 2.24) is 6.15 Å². The highest BCUT2D eigenvalue weighted by Gasteiger charge is 2.03. The molecule has 0 heterocycles. The van der Waals surface area contributed by atoms with Crippen molar-refractivity contribution in [2.75, 3.05) is 12.4 Å². The molecule has 104 valence electrons. The highest BCUT2D eigenvalue weighted by atomic mass is 32.2. The van der Waals surface area contributed by atoms with Gasteiger partial charge in [-0.15, -0.1) is 0 Å². The Balaban J connectivity index is 0. The van der Waals surface area contributed by atoms with Gasteiger partial charge in [-0.05, 0) is 6.42 Å². The number of carbonyl (C=O) groups is 1. The van der Waals surface area contributed by atoms with Gasteiger partial charge in [-0.1, -0.05) is 32.6 Å². The van der Waals surface area contributed by atoms with Gasteiger partial charge in [-0.2, -0.15) is 0 Å². The Bertz CT molecular complexity index is 289. The van der Waals surface area contributed by atoms with Crippen LogP contribution in [0.15, 0.2) is 0 Å². The number of ether oxygens (including phenoxy) is 1. The molecule has 0 radical (unpaired) electrons. The quantitative estimate of drug-likeness (QED) is 0.389. The lowest BCUT2D eigenvalue weighted by Crippen LogP contribution is -2.14. The Labute approximate surface area is 103 Å². The van der Waals surface area contributed by atoms with E-state index in [1.165, 1.54) is 0 Å². The van der Waals surface area contributed by atoms with E-state index in [-0.39, 0.29) is 12.8 Å². The van der Waals surface area contributed by atoms with Crippen molar-refractivity contribution in [1.29, 1.82) is 0 Å². The second kappa shape index (κ2) is 10.5. The van der Waals surface area contributed by atoms with Gasteiger partial charge < -0.3 is 15.4 Å². The summed E-state index contributed by atoms with van der Waals surface area (Å²) in [6.07, 6.45) is 5.42. The highest BCUT2D eigenvalue weighted by Crippen LogP contribution is 2.05. The van der Waals surface area contributed by atoms with Crippen molar-refractivity contribution in [3.8, 4) is 0 Å². The van der Waals surface area contributed by atoms with Crippen molar-refractivity contribution < 1.29 is 22.5 Å². The first-order valence-corrected chi connectivity index (χ1v) is 7.12. The fraction of sp³-hybridized carbons (Fsp3) is 0.900. The van der Waals surface area contributed by atoms with Crippen LogP contribution in [0.3, 0.4) is 0 Å². The van der Waals surface area contributed by atoms with Gasteiger partial charge in [0, 0.05) is 6.42 Å². The minimum atomic E-state index is -4.28. The van der Waals surface area contributed by atoms with Crippen LogP contribution in [0.4, 0.5) is 0 Å². The van der Waals surface area contributed by atoms with Crippen LogP contribution in [0.25, 0.3) is 0 Å². The van der Waals surface area contributed by atoms with Gasteiger partial charge in [-0.25, -0.2) is 8.42 Å². The Hall–Kier alpha value is -0.660. The lowest BCUT2D eigenvalue weighted by atomic mass is 10.1. The fourth-order valence-electron chi connectivity index (χ4n) is 1.20. The predicted octanol–water partition coefficient (Wildman–Crippen LogP) is 1.81. The predicted molar refractivity (Wildman–Crippen MR) is 64.9 cm³/mol. The molecule has 0 saturated heterocycles. The van der Waals surface area contributed by atoms with Crippen LogP contribution in [-0.2, 0) is 19.6 Å². The van der Waals surface area contributed by atoms with Gasteiger partial charge in [0.25, 0.3) is 0 Å². The van der Waals surface area contributed by atoms with Crippen molar-refractivity contribution in [3.05, 3.63) is 0 Å². The summed E-state index contributed by atoms with van der Waals surface area (Å²) in [6.45, 7) is 1.78. The van der Waals surface area contributed by atoms with Crippen LogP contribution >= 0.6 is 0 Å². The largest absolute Gasteiger partial charge is 0.748 e. The Kier molecular flexibility index (Phi) is 11.5. The Morgan fingerprint density at radius 1 is 1.18 bits per heavy atom. The van der Waals surface area contributed by atoms with Gasteiger partial charge in [0.2, 0.25) is 0 Å². The number of carbonyl (C=O) groups excluding carboxylic acids is 1. The maximum Gasteiger partial charge on any atom is 0.305 e. The van der Waals surface area contributed by atoms with E-state index in [9.17, 15) is 17.8 Å². The molecule has 0 saturated carbocycles. The SMILES string of the molecule is CCCCCCCC(=O)OCCS(=O)(=O)[O-].[NH4+]. The molecular weight excluding hydrogens is 246 g/mol. The lowest BCUT2D eigenvalue weighted by molar-refractivity contribution is -0.143. The normalized spacial score (nSPS) is 10.7. The van der Waals surface area contributed by atoms with Crippen molar-refractivity contribution in [3.63, 3.8) is 0 Å². The molecule has 0 aliphatic heterocycles. The number of quaternary nitrogens is 1. The van der Waals surface area contributed by atoms with Crippen LogP contribution in [0.5, 0.6) is 0 Å². The van der Waals surface area contributed by atoms with Crippen LogP contribution in [-0.4, -0.2) is 31.3 Å². The van der Waals surface area contributed by atoms with Gasteiger partial charge >= 0.3 is 5.97 Å². The van der Waals surface area contributed by atoms with E-state index in [2.05, 4.69) is 11.7 Å². The molecule has 0 atom stereocenters. The topological polar surface area (TPSA) is 120 Å². The van der Waals surface area contributed by atoms with Gasteiger partial charge in [0.15, 0.2) is 0 Å². The molecular formula is C10H23NO5S. The van der Waals surface area contributed by atoms with Crippen LogP contribution < -0.4 is 6.15 Å². The summed E-state index contributed by atoms with van der Waals surface area (Å²) in [6, 6.07) is 0. The standard InChI is InChI=1S/C10H20O5S.H3N/c1-2-3-4-5-6-7-10(11)15-8-9-16(12,13)14;/h2-9H2,1H3,(H,12,13,14);1H3. The molecule has 17 heavy (non-hydrogen) atoms. The first-order chi connectivity index (χ1) is 7.45. The lowest BCUT2D eigenvalue weighted by Gasteiger charge is -2.07. The average Bonchev–Trinajstić information content (AvgIpc) is 2.15. The zero-order valence-corrected chi connectivity index (χ0v) is 11.4. The third-order valence-electron chi connectivity index (χ3n) is 2.08. The van der Waals surface area contributed by atoms with Crippen LogP contribution in [0.1, 0.15) is 45.4 Å². The molecule has 0 aromatic carbocycles. The zero-order valence-electron chi connectivity index (χ0n) is 10.6. The average molecular weight is 269 g/mol. The summed E-state index contributed by atoms with van der Waals surface area (Å²) in [5.74, 6) is -1.07. The van der Waals surface area contributed by atoms with E-state index in [4.69, 9.17) is 0 Å². The summed E-state index contributed by atoms with van der Waals surface area (Å²) in [5.41, 5.74) is 0. The second-order valence-corrected chi connectivity index (χ2v) is 5.17. The van der Waals surface area contributed by atoms with Crippen molar-refractivity contribution in [2.24, 2.45) is 0 Å². The molecule has 0 bridgehead atoms. The molecule has 0 aromatic rings. The summed E-state index contributed by atoms with van der Waals surface area (Å²) in [5, 5.41) is 0. The Morgan fingerprint density at radius 3 is 2.29 bits per heavy atom. The minimum absolute atomic E-state index is 0. The number of rotatable bonds is 9. The highest BCUT2D eigenvalue weighted by molar-refractivity contribution is 7.85. The summed E-state index contributed by atoms with van der Waals surface area (Å²) in [4.78, 5) is 11.0. The molecule has 0 aliphatic rings. The fourth-order valence-corrected chi connectivity index (χ4v) is 1.49.